The van der Waals surface area contributed by atoms with E-state index < -0.39 is 0 Å². The van der Waals surface area contributed by atoms with Crippen LogP contribution in [-0.4, -0.2) is 31.4 Å². The molecule has 6 heteroatoms. The highest BCUT2D eigenvalue weighted by Crippen LogP contribution is 2.31. The SMILES string of the molecule is O=C(CCCC(=O)c1ccc2c(c1)OCCO2)NCCc1ccc(F)cc1. The van der Waals surface area contributed by atoms with Gasteiger partial charge in [0.25, 0.3) is 0 Å². The molecule has 0 saturated carbocycles. The zero-order valence-corrected chi connectivity index (χ0v) is 15.0. The lowest BCUT2D eigenvalue weighted by Gasteiger charge is -2.18. The van der Waals surface area contributed by atoms with Crippen molar-refractivity contribution >= 4 is 11.7 Å². The number of carbonyl (C=O) groups is 2. The second-order valence-corrected chi connectivity index (χ2v) is 6.36. The molecule has 1 aliphatic heterocycles. The predicted molar refractivity (Wildman–Crippen MR) is 98.7 cm³/mol. The van der Waals surface area contributed by atoms with Crippen LogP contribution in [0, 0.1) is 5.82 Å². The first-order valence-electron chi connectivity index (χ1n) is 9.06. The fourth-order valence-corrected chi connectivity index (χ4v) is 2.86. The third kappa shape index (κ3) is 5.54. The fourth-order valence-electron chi connectivity index (χ4n) is 2.86. The summed E-state index contributed by atoms with van der Waals surface area (Å²) in [6.45, 7) is 1.47. The van der Waals surface area contributed by atoms with Crippen molar-refractivity contribution in [1.82, 2.24) is 5.32 Å². The molecule has 2 aromatic carbocycles. The third-order valence-electron chi connectivity index (χ3n) is 4.32. The Morgan fingerprint density at radius 1 is 0.963 bits per heavy atom. The molecule has 5 nitrogen and oxygen atoms in total. The number of rotatable bonds is 8. The third-order valence-corrected chi connectivity index (χ3v) is 4.32. The zero-order chi connectivity index (χ0) is 19.1. The predicted octanol–water partition coefficient (Wildman–Crippen LogP) is 3.31. The van der Waals surface area contributed by atoms with Crippen LogP contribution < -0.4 is 14.8 Å². The van der Waals surface area contributed by atoms with Gasteiger partial charge < -0.3 is 14.8 Å². The maximum atomic E-state index is 12.8. The lowest BCUT2D eigenvalue weighted by atomic mass is 10.0. The number of halogens is 1. The van der Waals surface area contributed by atoms with Crippen LogP contribution in [0.4, 0.5) is 4.39 Å². The monoisotopic (exact) mass is 371 g/mol. The van der Waals surface area contributed by atoms with E-state index in [1.54, 1.807) is 30.3 Å². The Bertz CT molecular complexity index is 804. The highest BCUT2D eigenvalue weighted by molar-refractivity contribution is 5.96. The summed E-state index contributed by atoms with van der Waals surface area (Å²) in [5.41, 5.74) is 1.53. The Labute approximate surface area is 157 Å². The summed E-state index contributed by atoms with van der Waals surface area (Å²) in [7, 11) is 0. The van der Waals surface area contributed by atoms with Gasteiger partial charge in [0.1, 0.15) is 19.0 Å². The molecule has 1 aliphatic rings. The molecule has 27 heavy (non-hydrogen) atoms. The number of hydrogen-bond donors (Lipinski definition) is 1. The van der Waals surface area contributed by atoms with Gasteiger partial charge in [-0.3, -0.25) is 9.59 Å². The molecule has 0 bridgehead atoms. The summed E-state index contributed by atoms with van der Waals surface area (Å²) in [5.74, 6) is 0.854. The minimum atomic E-state index is -0.273. The second-order valence-electron chi connectivity index (χ2n) is 6.36. The molecular weight excluding hydrogens is 349 g/mol. The van der Waals surface area contributed by atoms with Gasteiger partial charge >= 0.3 is 0 Å². The fraction of sp³-hybridized carbons (Fsp3) is 0.333. The Morgan fingerprint density at radius 2 is 1.70 bits per heavy atom. The number of benzene rings is 2. The standard InChI is InChI=1S/C21H22FNO4/c22-17-7-4-15(5-8-17)10-11-23-21(25)3-1-2-18(24)16-6-9-19-20(14-16)27-13-12-26-19/h4-9,14H,1-3,10-13H2,(H,23,25). The van der Waals surface area contributed by atoms with Crippen molar-refractivity contribution in [2.24, 2.45) is 0 Å². The molecule has 0 radical (unpaired) electrons. The Morgan fingerprint density at radius 3 is 2.48 bits per heavy atom. The quantitative estimate of drug-likeness (QED) is 0.723. The van der Waals surface area contributed by atoms with Crippen LogP contribution in [0.1, 0.15) is 35.2 Å². The van der Waals surface area contributed by atoms with Gasteiger partial charge in [0, 0.05) is 24.9 Å². The van der Waals surface area contributed by atoms with Crippen molar-refractivity contribution in [2.75, 3.05) is 19.8 Å². The molecule has 0 spiro atoms. The van der Waals surface area contributed by atoms with Crippen LogP contribution in [0.5, 0.6) is 11.5 Å². The molecule has 0 saturated heterocycles. The van der Waals surface area contributed by atoms with Crippen molar-refractivity contribution in [2.45, 2.75) is 25.7 Å². The number of hydrogen-bond acceptors (Lipinski definition) is 4. The lowest BCUT2D eigenvalue weighted by Crippen LogP contribution is -2.25. The smallest absolute Gasteiger partial charge is 0.220 e. The van der Waals surface area contributed by atoms with Crippen molar-refractivity contribution in [3.63, 3.8) is 0 Å². The number of nitrogens with one attached hydrogen (secondary N) is 1. The highest BCUT2D eigenvalue weighted by atomic mass is 19.1. The molecule has 0 aromatic heterocycles. The average molecular weight is 371 g/mol. The summed E-state index contributed by atoms with van der Waals surface area (Å²) in [6.07, 6.45) is 1.71. The van der Waals surface area contributed by atoms with Gasteiger partial charge in [0.05, 0.1) is 0 Å². The molecule has 1 heterocycles. The van der Waals surface area contributed by atoms with E-state index in [2.05, 4.69) is 5.32 Å². The molecule has 0 unspecified atom stereocenters. The van der Waals surface area contributed by atoms with Crippen LogP contribution in [0.25, 0.3) is 0 Å². The summed E-state index contributed by atoms with van der Waals surface area (Å²) in [6, 6.07) is 11.4. The van der Waals surface area contributed by atoms with Crippen molar-refractivity contribution in [3.8, 4) is 11.5 Å². The van der Waals surface area contributed by atoms with Gasteiger partial charge in [-0.2, -0.15) is 0 Å². The highest BCUT2D eigenvalue weighted by Gasteiger charge is 2.15. The molecule has 1 amide bonds. The largest absolute Gasteiger partial charge is 0.486 e. The van der Waals surface area contributed by atoms with E-state index in [4.69, 9.17) is 9.47 Å². The number of amides is 1. The van der Waals surface area contributed by atoms with Crippen LogP contribution in [-0.2, 0) is 11.2 Å². The van der Waals surface area contributed by atoms with E-state index in [0.717, 1.165) is 5.56 Å². The summed E-state index contributed by atoms with van der Waals surface area (Å²) < 4.78 is 23.8. The van der Waals surface area contributed by atoms with Gasteiger partial charge in [-0.05, 0) is 48.7 Å². The first-order valence-corrected chi connectivity index (χ1v) is 9.06. The van der Waals surface area contributed by atoms with E-state index in [-0.39, 0.29) is 17.5 Å². The normalized spacial score (nSPS) is 12.5. The van der Waals surface area contributed by atoms with Gasteiger partial charge in [-0.1, -0.05) is 12.1 Å². The summed E-state index contributed by atoms with van der Waals surface area (Å²) in [4.78, 5) is 24.2. The van der Waals surface area contributed by atoms with Crippen LogP contribution in [0.3, 0.4) is 0 Å². The van der Waals surface area contributed by atoms with Crippen molar-refractivity contribution < 1.29 is 23.5 Å². The molecule has 142 valence electrons. The Kier molecular flexibility index (Phi) is 6.41. The van der Waals surface area contributed by atoms with Crippen LogP contribution in [0.15, 0.2) is 42.5 Å². The van der Waals surface area contributed by atoms with Gasteiger partial charge in [-0.25, -0.2) is 4.39 Å². The Hall–Kier alpha value is -2.89. The number of fused-ring (bicyclic) bond motifs is 1. The van der Waals surface area contributed by atoms with E-state index in [0.29, 0.717) is 62.5 Å². The van der Waals surface area contributed by atoms with E-state index >= 15 is 0 Å². The topological polar surface area (TPSA) is 64.6 Å². The number of carbonyl (C=O) groups excluding carboxylic acids is 2. The molecule has 0 fully saturated rings. The van der Waals surface area contributed by atoms with Crippen LogP contribution >= 0.6 is 0 Å². The number of ether oxygens (including phenoxy) is 2. The minimum Gasteiger partial charge on any atom is -0.486 e. The van der Waals surface area contributed by atoms with E-state index in [9.17, 15) is 14.0 Å². The Balaban J connectivity index is 1.36. The molecular formula is C21H22FNO4. The summed E-state index contributed by atoms with van der Waals surface area (Å²) in [5, 5.41) is 2.82. The molecule has 0 atom stereocenters. The molecule has 1 N–H and O–H groups in total. The zero-order valence-electron chi connectivity index (χ0n) is 15.0. The van der Waals surface area contributed by atoms with Gasteiger partial charge in [0.2, 0.25) is 5.91 Å². The van der Waals surface area contributed by atoms with Crippen LogP contribution in [0.2, 0.25) is 0 Å². The van der Waals surface area contributed by atoms with Crippen molar-refractivity contribution in [1.29, 1.82) is 0 Å². The second kappa shape index (κ2) is 9.16. The van der Waals surface area contributed by atoms with Crippen molar-refractivity contribution in [3.05, 3.63) is 59.4 Å². The summed E-state index contributed by atoms with van der Waals surface area (Å²) >= 11 is 0. The first kappa shape index (κ1) is 18.9. The number of ketones is 1. The lowest BCUT2D eigenvalue weighted by molar-refractivity contribution is -0.121. The minimum absolute atomic E-state index is 0.0221. The first-order chi connectivity index (χ1) is 13.1. The molecule has 2 aromatic rings. The maximum absolute atomic E-state index is 12.8. The number of Topliss-reactive ketones (excluding diaryl/α,β-unsaturated/α-hetero) is 1. The van der Waals surface area contributed by atoms with Gasteiger partial charge in [0.15, 0.2) is 17.3 Å². The maximum Gasteiger partial charge on any atom is 0.220 e. The van der Waals surface area contributed by atoms with Gasteiger partial charge in [-0.15, -0.1) is 0 Å². The molecule has 3 rings (SSSR count). The van der Waals surface area contributed by atoms with E-state index in [1.165, 1.54) is 12.1 Å². The van der Waals surface area contributed by atoms with E-state index in [1.807, 2.05) is 0 Å². The molecule has 0 aliphatic carbocycles. The average Bonchev–Trinajstić information content (AvgIpc) is 2.69.